The Balaban J connectivity index is 2.44. The van der Waals surface area contributed by atoms with Gasteiger partial charge >= 0.3 is 0 Å². The smallest absolute Gasteiger partial charge is 0.128 e. The van der Waals surface area contributed by atoms with Gasteiger partial charge in [0.15, 0.2) is 0 Å². The SMILES string of the molecule is CNC(c1nccs1)c1cc(C)ccc1F. The molecule has 16 heavy (non-hydrogen) atoms. The second kappa shape index (κ2) is 4.72. The molecule has 1 aromatic heterocycles. The highest BCUT2D eigenvalue weighted by Gasteiger charge is 2.18. The van der Waals surface area contributed by atoms with Crippen molar-refractivity contribution in [2.75, 3.05) is 7.05 Å². The summed E-state index contributed by atoms with van der Waals surface area (Å²) in [5.41, 5.74) is 1.70. The largest absolute Gasteiger partial charge is 0.307 e. The van der Waals surface area contributed by atoms with Crippen LogP contribution in [-0.2, 0) is 0 Å². The Bertz CT molecular complexity index is 468. The highest BCUT2D eigenvalue weighted by molar-refractivity contribution is 7.09. The maximum atomic E-state index is 13.7. The van der Waals surface area contributed by atoms with Gasteiger partial charge in [0.1, 0.15) is 10.8 Å². The fourth-order valence-electron chi connectivity index (χ4n) is 1.67. The van der Waals surface area contributed by atoms with Crippen LogP contribution in [-0.4, -0.2) is 12.0 Å². The van der Waals surface area contributed by atoms with Crippen LogP contribution in [0.2, 0.25) is 0 Å². The lowest BCUT2D eigenvalue weighted by atomic mass is 10.0. The third-order valence-corrected chi connectivity index (χ3v) is 3.29. The summed E-state index contributed by atoms with van der Waals surface area (Å²) in [4.78, 5) is 4.22. The number of aromatic nitrogens is 1. The molecule has 0 aliphatic heterocycles. The molecule has 84 valence electrons. The molecule has 0 aliphatic carbocycles. The van der Waals surface area contributed by atoms with Crippen molar-refractivity contribution >= 4 is 11.3 Å². The van der Waals surface area contributed by atoms with E-state index in [4.69, 9.17) is 0 Å². The van der Waals surface area contributed by atoms with Gasteiger partial charge in [-0.2, -0.15) is 0 Å². The lowest BCUT2D eigenvalue weighted by molar-refractivity contribution is 0.574. The van der Waals surface area contributed by atoms with Gasteiger partial charge in [-0.3, -0.25) is 0 Å². The number of rotatable bonds is 3. The topological polar surface area (TPSA) is 24.9 Å². The van der Waals surface area contributed by atoms with E-state index in [1.165, 1.54) is 17.4 Å². The molecule has 1 atom stereocenters. The summed E-state index contributed by atoms with van der Waals surface area (Å²) < 4.78 is 13.7. The van der Waals surface area contributed by atoms with Crippen molar-refractivity contribution in [1.82, 2.24) is 10.3 Å². The van der Waals surface area contributed by atoms with Crippen molar-refractivity contribution in [3.63, 3.8) is 0 Å². The van der Waals surface area contributed by atoms with Crippen LogP contribution in [0.5, 0.6) is 0 Å². The Hall–Kier alpha value is -1.26. The zero-order chi connectivity index (χ0) is 11.5. The van der Waals surface area contributed by atoms with E-state index in [1.807, 2.05) is 25.4 Å². The summed E-state index contributed by atoms with van der Waals surface area (Å²) in [6.07, 6.45) is 1.73. The molecular formula is C12H13FN2S. The molecular weight excluding hydrogens is 223 g/mol. The second-order valence-corrected chi connectivity index (χ2v) is 4.54. The molecule has 4 heteroatoms. The Morgan fingerprint density at radius 1 is 1.44 bits per heavy atom. The van der Waals surface area contributed by atoms with E-state index in [2.05, 4.69) is 10.3 Å². The van der Waals surface area contributed by atoms with Crippen LogP contribution < -0.4 is 5.32 Å². The number of benzene rings is 1. The first-order chi connectivity index (χ1) is 7.72. The molecule has 0 fully saturated rings. The fraction of sp³-hybridized carbons (Fsp3) is 0.250. The van der Waals surface area contributed by atoms with Crippen molar-refractivity contribution in [3.8, 4) is 0 Å². The van der Waals surface area contributed by atoms with Gasteiger partial charge in [0, 0.05) is 17.1 Å². The van der Waals surface area contributed by atoms with Gasteiger partial charge < -0.3 is 5.32 Å². The van der Waals surface area contributed by atoms with Crippen molar-refractivity contribution in [2.24, 2.45) is 0 Å². The normalized spacial score (nSPS) is 12.7. The minimum absolute atomic E-state index is 0.167. The van der Waals surface area contributed by atoms with Crippen molar-refractivity contribution in [1.29, 1.82) is 0 Å². The molecule has 0 radical (unpaired) electrons. The van der Waals surface area contributed by atoms with Crippen LogP contribution in [0.15, 0.2) is 29.8 Å². The number of hydrogen-bond acceptors (Lipinski definition) is 3. The van der Waals surface area contributed by atoms with Gasteiger partial charge in [0.05, 0.1) is 6.04 Å². The van der Waals surface area contributed by atoms with E-state index in [0.717, 1.165) is 10.6 Å². The van der Waals surface area contributed by atoms with E-state index in [1.54, 1.807) is 12.3 Å². The maximum Gasteiger partial charge on any atom is 0.128 e. The molecule has 2 aromatic rings. The lowest BCUT2D eigenvalue weighted by Crippen LogP contribution is -2.18. The Kier molecular flexibility index (Phi) is 3.31. The first-order valence-corrected chi connectivity index (χ1v) is 5.93. The molecule has 0 bridgehead atoms. The van der Waals surface area contributed by atoms with Gasteiger partial charge in [-0.15, -0.1) is 11.3 Å². The van der Waals surface area contributed by atoms with Crippen molar-refractivity contribution < 1.29 is 4.39 Å². The third-order valence-electron chi connectivity index (χ3n) is 2.45. The van der Waals surface area contributed by atoms with Gasteiger partial charge in [-0.25, -0.2) is 9.37 Å². The molecule has 1 N–H and O–H groups in total. The van der Waals surface area contributed by atoms with Crippen LogP contribution in [0.3, 0.4) is 0 Å². The van der Waals surface area contributed by atoms with Crippen LogP contribution >= 0.6 is 11.3 Å². The van der Waals surface area contributed by atoms with E-state index in [0.29, 0.717) is 5.56 Å². The quantitative estimate of drug-likeness (QED) is 0.886. The Morgan fingerprint density at radius 3 is 2.88 bits per heavy atom. The predicted molar refractivity (Wildman–Crippen MR) is 64.2 cm³/mol. The molecule has 0 saturated carbocycles. The molecule has 2 rings (SSSR count). The molecule has 0 spiro atoms. The van der Waals surface area contributed by atoms with Crippen LogP contribution in [0.4, 0.5) is 4.39 Å². The summed E-state index contributed by atoms with van der Waals surface area (Å²) in [6, 6.07) is 4.97. The molecule has 1 aromatic carbocycles. The first kappa shape index (κ1) is 11.2. The van der Waals surface area contributed by atoms with Crippen molar-refractivity contribution in [3.05, 3.63) is 51.7 Å². The summed E-state index contributed by atoms with van der Waals surface area (Å²) in [5, 5.41) is 5.87. The average molecular weight is 236 g/mol. The third kappa shape index (κ3) is 2.13. The number of aryl methyl sites for hydroxylation is 1. The molecule has 0 amide bonds. The summed E-state index contributed by atoms with van der Waals surface area (Å²) in [7, 11) is 1.81. The Labute approximate surface area is 98.2 Å². The number of nitrogens with one attached hydrogen (secondary N) is 1. The predicted octanol–water partition coefficient (Wildman–Crippen LogP) is 2.90. The van der Waals surface area contributed by atoms with Crippen LogP contribution in [0.25, 0.3) is 0 Å². The average Bonchev–Trinajstić information content (AvgIpc) is 2.78. The molecule has 0 saturated heterocycles. The zero-order valence-electron chi connectivity index (χ0n) is 9.20. The maximum absolute atomic E-state index is 13.7. The van der Waals surface area contributed by atoms with Crippen LogP contribution in [0.1, 0.15) is 22.2 Å². The van der Waals surface area contributed by atoms with E-state index in [-0.39, 0.29) is 11.9 Å². The van der Waals surface area contributed by atoms with Crippen molar-refractivity contribution in [2.45, 2.75) is 13.0 Å². The monoisotopic (exact) mass is 236 g/mol. The van der Waals surface area contributed by atoms with E-state index in [9.17, 15) is 4.39 Å². The highest BCUT2D eigenvalue weighted by Crippen LogP contribution is 2.26. The number of halogens is 1. The second-order valence-electron chi connectivity index (χ2n) is 3.62. The van der Waals surface area contributed by atoms with Crippen LogP contribution in [0, 0.1) is 12.7 Å². The fourth-order valence-corrected chi connectivity index (χ4v) is 2.44. The lowest BCUT2D eigenvalue weighted by Gasteiger charge is -2.15. The minimum atomic E-state index is -0.194. The highest BCUT2D eigenvalue weighted by atomic mass is 32.1. The molecule has 1 unspecified atom stereocenters. The number of nitrogens with zero attached hydrogens (tertiary/aromatic N) is 1. The number of thiazole rings is 1. The minimum Gasteiger partial charge on any atom is -0.307 e. The first-order valence-electron chi connectivity index (χ1n) is 5.05. The summed E-state index contributed by atoms with van der Waals surface area (Å²) in [6.45, 7) is 1.96. The zero-order valence-corrected chi connectivity index (χ0v) is 10.0. The van der Waals surface area contributed by atoms with E-state index < -0.39 is 0 Å². The van der Waals surface area contributed by atoms with Gasteiger partial charge in [0.25, 0.3) is 0 Å². The standard InChI is InChI=1S/C12H13FN2S/c1-8-3-4-10(13)9(7-8)11(14-2)12-15-5-6-16-12/h3-7,11,14H,1-2H3. The molecule has 2 nitrogen and oxygen atoms in total. The molecule has 0 aliphatic rings. The molecule has 1 heterocycles. The Morgan fingerprint density at radius 2 is 2.25 bits per heavy atom. The van der Waals surface area contributed by atoms with Gasteiger partial charge in [-0.05, 0) is 20.0 Å². The number of hydrogen-bond donors (Lipinski definition) is 1. The van der Waals surface area contributed by atoms with Gasteiger partial charge in [-0.1, -0.05) is 17.7 Å². The summed E-state index contributed by atoms with van der Waals surface area (Å²) in [5.74, 6) is -0.194. The summed E-state index contributed by atoms with van der Waals surface area (Å²) >= 11 is 1.52. The van der Waals surface area contributed by atoms with E-state index >= 15 is 0 Å². The van der Waals surface area contributed by atoms with Gasteiger partial charge in [0.2, 0.25) is 0 Å².